The minimum atomic E-state index is -2.82. The van der Waals surface area contributed by atoms with Crippen LogP contribution in [0.2, 0.25) is 0 Å². The van der Waals surface area contributed by atoms with Crippen LogP contribution < -0.4 is 10.1 Å². The number of fused-ring (bicyclic) bond motifs is 1. The van der Waals surface area contributed by atoms with Crippen molar-refractivity contribution >= 4 is 6.03 Å². The summed E-state index contributed by atoms with van der Waals surface area (Å²) in [6.07, 6.45) is 4.71. The number of likely N-dealkylation sites (tertiary alicyclic amines) is 1. The second kappa shape index (κ2) is 7.58. The fourth-order valence-corrected chi connectivity index (χ4v) is 4.09. The Labute approximate surface area is 147 Å². The molecule has 138 valence electrons. The molecular weight excluding hydrogens is 326 g/mol. The summed E-state index contributed by atoms with van der Waals surface area (Å²) in [7, 11) is 0. The number of urea groups is 1. The SMILES string of the molecule is CC(C)[C@H]1CCCN1C(=O)N[C@@H]1CCCc2cc(OC(F)F)ccc21. The van der Waals surface area contributed by atoms with E-state index in [2.05, 4.69) is 23.9 Å². The van der Waals surface area contributed by atoms with Crippen LogP contribution in [0.1, 0.15) is 56.7 Å². The van der Waals surface area contributed by atoms with Crippen molar-refractivity contribution in [3.05, 3.63) is 29.3 Å². The highest BCUT2D eigenvalue weighted by Crippen LogP contribution is 2.33. The van der Waals surface area contributed by atoms with Gasteiger partial charge in [0.15, 0.2) is 0 Å². The first-order chi connectivity index (χ1) is 12.0. The number of hydrogen-bond donors (Lipinski definition) is 1. The molecule has 0 unspecified atom stereocenters. The fraction of sp³-hybridized carbons (Fsp3) is 0.632. The van der Waals surface area contributed by atoms with Gasteiger partial charge in [-0.25, -0.2) is 4.79 Å². The maximum absolute atomic E-state index is 12.7. The molecule has 1 N–H and O–H groups in total. The number of ether oxygens (including phenoxy) is 1. The molecule has 25 heavy (non-hydrogen) atoms. The quantitative estimate of drug-likeness (QED) is 0.867. The Morgan fingerprint density at radius 3 is 2.80 bits per heavy atom. The van der Waals surface area contributed by atoms with Crippen LogP contribution in [0.4, 0.5) is 13.6 Å². The molecule has 1 aromatic rings. The molecule has 2 amide bonds. The highest BCUT2D eigenvalue weighted by atomic mass is 19.3. The van der Waals surface area contributed by atoms with E-state index in [4.69, 9.17) is 0 Å². The van der Waals surface area contributed by atoms with Crippen LogP contribution in [-0.2, 0) is 6.42 Å². The lowest BCUT2D eigenvalue weighted by Crippen LogP contribution is -2.46. The zero-order valence-electron chi connectivity index (χ0n) is 14.8. The number of carbonyl (C=O) groups excluding carboxylic acids is 1. The van der Waals surface area contributed by atoms with E-state index in [1.54, 1.807) is 18.2 Å². The monoisotopic (exact) mass is 352 g/mol. The van der Waals surface area contributed by atoms with E-state index < -0.39 is 6.61 Å². The van der Waals surface area contributed by atoms with Crippen molar-refractivity contribution in [1.29, 1.82) is 0 Å². The van der Waals surface area contributed by atoms with Crippen LogP contribution in [0.15, 0.2) is 18.2 Å². The van der Waals surface area contributed by atoms with Gasteiger partial charge in [0.05, 0.1) is 6.04 Å². The number of carbonyl (C=O) groups is 1. The largest absolute Gasteiger partial charge is 0.435 e. The molecular formula is C19H26F2N2O2. The summed E-state index contributed by atoms with van der Waals surface area (Å²) in [4.78, 5) is 14.7. The molecule has 1 saturated heterocycles. The van der Waals surface area contributed by atoms with E-state index in [9.17, 15) is 13.6 Å². The van der Waals surface area contributed by atoms with Gasteiger partial charge in [-0.15, -0.1) is 0 Å². The lowest BCUT2D eigenvalue weighted by Gasteiger charge is -2.32. The third-order valence-corrected chi connectivity index (χ3v) is 5.28. The van der Waals surface area contributed by atoms with Crippen molar-refractivity contribution in [2.24, 2.45) is 5.92 Å². The number of hydrogen-bond acceptors (Lipinski definition) is 2. The molecule has 3 rings (SSSR count). The van der Waals surface area contributed by atoms with Gasteiger partial charge in [0.2, 0.25) is 0 Å². The predicted molar refractivity (Wildman–Crippen MR) is 91.9 cm³/mol. The van der Waals surface area contributed by atoms with Gasteiger partial charge < -0.3 is 15.0 Å². The van der Waals surface area contributed by atoms with E-state index in [-0.39, 0.29) is 17.8 Å². The number of aryl methyl sites for hydroxylation is 1. The predicted octanol–water partition coefficient (Wildman–Crippen LogP) is 4.50. The van der Waals surface area contributed by atoms with Crippen LogP contribution in [-0.4, -0.2) is 30.1 Å². The normalized spacial score (nSPS) is 23.0. The maximum Gasteiger partial charge on any atom is 0.387 e. The zero-order chi connectivity index (χ0) is 18.0. The number of nitrogens with one attached hydrogen (secondary N) is 1. The number of alkyl halides is 2. The third kappa shape index (κ3) is 4.05. The van der Waals surface area contributed by atoms with Crippen LogP contribution >= 0.6 is 0 Å². The lowest BCUT2D eigenvalue weighted by atomic mass is 9.87. The maximum atomic E-state index is 12.7. The molecule has 0 radical (unpaired) electrons. The van der Waals surface area contributed by atoms with Crippen molar-refractivity contribution in [2.45, 2.75) is 64.6 Å². The first-order valence-electron chi connectivity index (χ1n) is 9.10. The van der Waals surface area contributed by atoms with Gasteiger partial charge in [-0.2, -0.15) is 8.78 Å². The topological polar surface area (TPSA) is 41.6 Å². The minimum absolute atomic E-state index is 0.0121. The summed E-state index contributed by atoms with van der Waals surface area (Å²) >= 11 is 0. The average molecular weight is 352 g/mol. The van der Waals surface area contributed by atoms with E-state index >= 15 is 0 Å². The molecule has 2 atom stereocenters. The standard InChI is InChI=1S/C19H26F2N2O2/c1-12(2)17-7-4-10-23(17)19(24)22-16-6-3-5-13-11-14(25-18(20)21)8-9-15(13)16/h8-9,11-12,16-18H,3-7,10H2,1-2H3,(H,22,24)/t16-,17-/m1/s1. The number of nitrogens with zero attached hydrogens (tertiary/aromatic N) is 1. The summed E-state index contributed by atoms with van der Waals surface area (Å²) < 4.78 is 29.3. The van der Waals surface area contributed by atoms with Crippen molar-refractivity contribution in [2.75, 3.05) is 6.54 Å². The summed E-state index contributed by atoms with van der Waals surface area (Å²) in [6, 6.07) is 5.26. The van der Waals surface area contributed by atoms with E-state index in [1.165, 1.54) is 0 Å². The van der Waals surface area contributed by atoms with Gasteiger partial charge in [-0.3, -0.25) is 0 Å². The second-order valence-electron chi connectivity index (χ2n) is 7.28. The van der Waals surface area contributed by atoms with Gasteiger partial charge in [-0.1, -0.05) is 19.9 Å². The molecule has 0 aromatic heterocycles. The molecule has 2 aliphatic rings. The van der Waals surface area contributed by atoms with Crippen molar-refractivity contribution in [3.63, 3.8) is 0 Å². The Balaban J connectivity index is 1.71. The number of halogens is 2. The fourth-order valence-electron chi connectivity index (χ4n) is 4.09. The molecule has 1 aromatic carbocycles. The van der Waals surface area contributed by atoms with Gasteiger partial charge in [0.1, 0.15) is 5.75 Å². The molecule has 1 heterocycles. The van der Waals surface area contributed by atoms with Crippen molar-refractivity contribution in [1.82, 2.24) is 10.2 Å². The van der Waals surface area contributed by atoms with Gasteiger partial charge >= 0.3 is 12.6 Å². The zero-order valence-corrected chi connectivity index (χ0v) is 14.8. The average Bonchev–Trinajstić information content (AvgIpc) is 3.04. The molecule has 1 fully saturated rings. The third-order valence-electron chi connectivity index (χ3n) is 5.28. The Morgan fingerprint density at radius 2 is 2.08 bits per heavy atom. The Bertz CT molecular complexity index is 621. The Kier molecular flexibility index (Phi) is 5.45. The lowest BCUT2D eigenvalue weighted by molar-refractivity contribution is -0.0499. The van der Waals surface area contributed by atoms with Crippen molar-refractivity contribution < 1.29 is 18.3 Å². The van der Waals surface area contributed by atoms with Crippen LogP contribution in [0.5, 0.6) is 5.75 Å². The first kappa shape index (κ1) is 18.0. The van der Waals surface area contributed by atoms with E-state index in [0.29, 0.717) is 12.0 Å². The highest BCUT2D eigenvalue weighted by molar-refractivity contribution is 5.75. The van der Waals surface area contributed by atoms with Crippen LogP contribution in [0, 0.1) is 5.92 Å². The molecule has 1 aliphatic heterocycles. The van der Waals surface area contributed by atoms with Gasteiger partial charge in [0, 0.05) is 12.6 Å². The van der Waals surface area contributed by atoms with Crippen LogP contribution in [0.3, 0.4) is 0 Å². The van der Waals surface area contributed by atoms with Crippen LogP contribution in [0.25, 0.3) is 0 Å². The summed E-state index contributed by atoms with van der Waals surface area (Å²) in [5.41, 5.74) is 2.00. The number of benzene rings is 1. The number of rotatable bonds is 4. The first-order valence-corrected chi connectivity index (χ1v) is 9.10. The van der Waals surface area contributed by atoms with Gasteiger partial charge in [-0.05, 0) is 61.3 Å². The summed E-state index contributed by atoms with van der Waals surface area (Å²) in [5.74, 6) is 0.626. The molecule has 6 heteroatoms. The molecule has 0 saturated carbocycles. The van der Waals surface area contributed by atoms with E-state index in [1.807, 2.05) is 4.90 Å². The van der Waals surface area contributed by atoms with Crippen molar-refractivity contribution in [3.8, 4) is 5.75 Å². The molecule has 0 spiro atoms. The molecule has 1 aliphatic carbocycles. The summed E-state index contributed by atoms with van der Waals surface area (Å²) in [5, 5.41) is 3.16. The smallest absolute Gasteiger partial charge is 0.387 e. The number of amides is 2. The highest BCUT2D eigenvalue weighted by Gasteiger charge is 2.32. The Hall–Kier alpha value is -1.85. The molecule has 0 bridgehead atoms. The summed E-state index contributed by atoms with van der Waals surface area (Å²) in [6.45, 7) is 2.28. The minimum Gasteiger partial charge on any atom is -0.435 e. The Morgan fingerprint density at radius 1 is 1.28 bits per heavy atom. The molecule has 4 nitrogen and oxygen atoms in total. The van der Waals surface area contributed by atoms with E-state index in [0.717, 1.165) is 49.8 Å². The second-order valence-corrected chi connectivity index (χ2v) is 7.28. The van der Waals surface area contributed by atoms with Gasteiger partial charge in [0.25, 0.3) is 0 Å².